The Kier molecular flexibility index (Phi) is 3.46. The number of hydrogen-bond acceptors (Lipinski definition) is 3. The molecular formula is C12H12FN3O3. The number of aryl methyl sites for hydroxylation is 1. The molecule has 0 aliphatic heterocycles. The zero-order chi connectivity index (χ0) is 14.0. The fourth-order valence-corrected chi connectivity index (χ4v) is 1.83. The lowest BCUT2D eigenvalue weighted by Crippen LogP contribution is -2.24. The van der Waals surface area contributed by atoms with Gasteiger partial charge in [-0.25, -0.2) is 4.79 Å². The third kappa shape index (κ3) is 2.40. The topological polar surface area (TPSA) is 70.1 Å². The van der Waals surface area contributed by atoms with E-state index >= 15 is 0 Å². The smallest absolute Gasteiger partial charge is 0.300 e. The Morgan fingerprint density at radius 3 is 2.58 bits per heavy atom. The van der Waals surface area contributed by atoms with Crippen molar-refractivity contribution in [2.45, 2.75) is 20.0 Å². The highest BCUT2D eigenvalue weighted by atomic mass is 19.1. The van der Waals surface area contributed by atoms with Crippen molar-refractivity contribution in [2.24, 2.45) is 0 Å². The lowest BCUT2D eigenvalue weighted by atomic mass is 10.2. The van der Waals surface area contributed by atoms with E-state index in [1.165, 1.54) is 27.5 Å². The molecule has 0 unspecified atom stereocenters. The number of hydrogen-bond donors (Lipinski definition) is 0. The van der Waals surface area contributed by atoms with E-state index in [2.05, 4.69) is 0 Å². The first-order valence-corrected chi connectivity index (χ1v) is 5.72. The number of nitrogens with zero attached hydrogens (tertiary/aromatic N) is 3. The first-order chi connectivity index (χ1) is 9.04. The van der Waals surface area contributed by atoms with Crippen molar-refractivity contribution in [2.75, 3.05) is 0 Å². The molecule has 1 aromatic carbocycles. The van der Waals surface area contributed by atoms with Gasteiger partial charge >= 0.3 is 11.4 Å². The third-order valence-electron chi connectivity index (χ3n) is 2.85. The molecule has 0 atom stereocenters. The van der Waals surface area contributed by atoms with Gasteiger partial charge in [-0.3, -0.25) is 19.2 Å². The van der Waals surface area contributed by atoms with Crippen molar-refractivity contribution in [3.63, 3.8) is 0 Å². The lowest BCUT2D eigenvalue weighted by molar-refractivity contribution is -0.387. The van der Waals surface area contributed by atoms with E-state index in [4.69, 9.17) is 0 Å². The van der Waals surface area contributed by atoms with Crippen molar-refractivity contribution in [3.05, 3.63) is 62.6 Å². The summed E-state index contributed by atoms with van der Waals surface area (Å²) >= 11 is 0. The van der Waals surface area contributed by atoms with Gasteiger partial charge in [0.1, 0.15) is 0 Å². The van der Waals surface area contributed by atoms with Gasteiger partial charge in [-0.15, -0.1) is 0 Å². The third-order valence-corrected chi connectivity index (χ3v) is 2.85. The number of aromatic nitrogens is 2. The fraction of sp³-hybridized carbons (Fsp3) is 0.250. The summed E-state index contributed by atoms with van der Waals surface area (Å²) in [6.45, 7) is 2.31. The van der Waals surface area contributed by atoms with Crippen LogP contribution in [0.2, 0.25) is 0 Å². The maximum absolute atomic E-state index is 13.9. The van der Waals surface area contributed by atoms with Gasteiger partial charge in [0, 0.05) is 30.6 Å². The minimum Gasteiger partial charge on any atom is -0.300 e. The average molecular weight is 265 g/mol. The van der Waals surface area contributed by atoms with Crippen LogP contribution in [0.3, 0.4) is 0 Å². The average Bonchev–Trinajstić information content (AvgIpc) is 2.72. The molecule has 0 saturated heterocycles. The molecular weight excluding hydrogens is 253 g/mol. The summed E-state index contributed by atoms with van der Waals surface area (Å²) < 4.78 is 16.6. The largest absolute Gasteiger partial charge is 0.328 e. The quantitative estimate of drug-likeness (QED) is 0.624. The molecule has 100 valence electrons. The zero-order valence-electron chi connectivity index (χ0n) is 10.2. The monoisotopic (exact) mass is 265 g/mol. The first-order valence-electron chi connectivity index (χ1n) is 5.72. The molecule has 1 heterocycles. The highest BCUT2D eigenvalue weighted by molar-refractivity contribution is 5.36. The van der Waals surface area contributed by atoms with Gasteiger partial charge in [-0.05, 0) is 6.92 Å². The van der Waals surface area contributed by atoms with Crippen molar-refractivity contribution in [3.8, 4) is 0 Å². The summed E-state index contributed by atoms with van der Waals surface area (Å²) in [6.07, 6.45) is 3.13. The van der Waals surface area contributed by atoms with Crippen LogP contribution in [0, 0.1) is 15.9 Å². The van der Waals surface area contributed by atoms with Crippen LogP contribution in [0.1, 0.15) is 12.5 Å². The predicted molar refractivity (Wildman–Crippen MR) is 66.5 cm³/mol. The maximum Gasteiger partial charge on any atom is 0.328 e. The molecule has 0 N–H and O–H groups in total. The highest BCUT2D eigenvalue weighted by Gasteiger charge is 2.17. The summed E-state index contributed by atoms with van der Waals surface area (Å²) in [7, 11) is 0. The highest BCUT2D eigenvalue weighted by Crippen LogP contribution is 2.20. The van der Waals surface area contributed by atoms with E-state index in [9.17, 15) is 19.3 Å². The first kappa shape index (κ1) is 13.0. The minimum absolute atomic E-state index is 0.0284. The molecule has 0 saturated carbocycles. The molecule has 2 rings (SSSR count). The van der Waals surface area contributed by atoms with Crippen LogP contribution in [0.4, 0.5) is 10.1 Å². The molecule has 0 bridgehead atoms. The van der Waals surface area contributed by atoms with Crippen molar-refractivity contribution in [1.82, 2.24) is 9.13 Å². The second-order valence-electron chi connectivity index (χ2n) is 4.00. The molecule has 1 aromatic heterocycles. The number of nitro groups is 1. The lowest BCUT2D eigenvalue weighted by Gasteiger charge is -2.04. The van der Waals surface area contributed by atoms with Gasteiger partial charge in [-0.2, -0.15) is 4.39 Å². The van der Waals surface area contributed by atoms with E-state index in [0.29, 0.717) is 6.54 Å². The van der Waals surface area contributed by atoms with Crippen molar-refractivity contribution < 1.29 is 9.31 Å². The predicted octanol–water partition coefficient (Wildman–Crippen LogP) is 1.77. The van der Waals surface area contributed by atoms with Crippen LogP contribution >= 0.6 is 0 Å². The normalized spacial score (nSPS) is 10.6. The van der Waals surface area contributed by atoms with E-state index < -0.39 is 16.4 Å². The second kappa shape index (κ2) is 5.05. The Balaban J connectivity index is 2.38. The van der Waals surface area contributed by atoms with Gasteiger partial charge in [0.05, 0.1) is 11.5 Å². The van der Waals surface area contributed by atoms with Crippen molar-refractivity contribution in [1.29, 1.82) is 0 Å². The summed E-state index contributed by atoms with van der Waals surface area (Å²) in [4.78, 5) is 21.7. The van der Waals surface area contributed by atoms with E-state index in [1.54, 1.807) is 6.20 Å². The Morgan fingerprint density at radius 2 is 2.00 bits per heavy atom. The fourth-order valence-electron chi connectivity index (χ4n) is 1.83. The molecule has 6 nitrogen and oxygen atoms in total. The molecule has 0 amide bonds. The summed E-state index contributed by atoms with van der Waals surface area (Å²) in [6, 6.07) is 3.93. The molecule has 0 fully saturated rings. The summed E-state index contributed by atoms with van der Waals surface area (Å²) in [5.41, 5.74) is -0.737. The van der Waals surface area contributed by atoms with Gasteiger partial charge in [0.15, 0.2) is 0 Å². The second-order valence-corrected chi connectivity index (χ2v) is 4.00. The van der Waals surface area contributed by atoms with Crippen LogP contribution in [0.15, 0.2) is 35.4 Å². The molecule has 7 heteroatoms. The Hall–Kier alpha value is -2.44. The van der Waals surface area contributed by atoms with E-state index in [1.807, 2.05) is 6.92 Å². The van der Waals surface area contributed by atoms with Crippen LogP contribution in [0.5, 0.6) is 0 Å². The number of imidazole rings is 1. The Morgan fingerprint density at radius 1 is 1.32 bits per heavy atom. The SMILES string of the molecule is CCn1ccn(Cc2cccc([N+](=O)[O-])c2F)c1=O. The standard InChI is InChI=1S/C12H12FN3O3/c1-2-14-6-7-15(12(14)17)8-9-4-3-5-10(11(9)13)16(18)19/h3-7H,2,8H2,1H3. The number of benzene rings is 1. The Labute approximate surface area is 107 Å². The minimum atomic E-state index is -0.899. The maximum atomic E-state index is 13.9. The Bertz CT molecular complexity index is 675. The summed E-state index contributed by atoms with van der Waals surface area (Å²) in [5, 5.41) is 10.6. The number of nitro benzene ring substituents is 1. The number of halogens is 1. The van der Waals surface area contributed by atoms with Crippen LogP contribution in [0.25, 0.3) is 0 Å². The molecule has 2 aromatic rings. The van der Waals surface area contributed by atoms with Crippen LogP contribution in [-0.2, 0) is 13.1 Å². The molecule has 0 aliphatic carbocycles. The van der Waals surface area contributed by atoms with Gasteiger partial charge in [-0.1, -0.05) is 12.1 Å². The summed E-state index contributed by atoms with van der Waals surface area (Å²) in [5.74, 6) is -0.899. The zero-order valence-corrected chi connectivity index (χ0v) is 10.2. The van der Waals surface area contributed by atoms with Crippen molar-refractivity contribution >= 4 is 5.69 Å². The molecule has 19 heavy (non-hydrogen) atoms. The molecule has 0 spiro atoms. The van der Waals surface area contributed by atoms with Crippen LogP contribution < -0.4 is 5.69 Å². The molecule has 0 aliphatic rings. The van der Waals surface area contributed by atoms with Gasteiger partial charge in [0.25, 0.3) is 0 Å². The van der Waals surface area contributed by atoms with E-state index in [0.717, 1.165) is 6.07 Å². The van der Waals surface area contributed by atoms with E-state index in [-0.39, 0.29) is 17.8 Å². The van der Waals surface area contributed by atoms with Gasteiger partial charge < -0.3 is 0 Å². The number of rotatable bonds is 4. The molecule has 0 radical (unpaired) electrons. The van der Waals surface area contributed by atoms with Gasteiger partial charge in [0.2, 0.25) is 5.82 Å². The van der Waals surface area contributed by atoms with Crippen LogP contribution in [-0.4, -0.2) is 14.1 Å².